The molecule has 0 aliphatic rings. The number of hydrogen-bond acceptors (Lipinski definition) is 3. The molecule has 0 spiro atoms. The summed E-state index contributed by atoms with van der Waals surface area (Å²) < 4.78 is 0. The van der Waals surface area contributed by atoms with Crippen LogP contribution in [0.1, 0.15) is 57.8 Å². The van der Waals surface area contributed by atoms with E-state index in [2.05, 4.69) is 5.32 Å². The number of rotatable bonds is 12. The standard InChI is InChI=1S/C13H25NO4/c15-10-8-6-4-2-1-3-5-7-9-12(16)14-11-13(17)18/h15H,1-11H2,(H,14,16)(H,17,18). The highest BCUT2D eigenvalue weighted by Crippen LogP contribution is 2.09. The van der Waals surface area contributed by atoms with E-state index in [0.29, 0.717) is 6.42 Å². The summed E-state index contributed by atoms with van der Waals surface area (Å²) in [6.07, 6.45) is 8.87. The molecule has 5 nitrogen and oxygen atoms in total. The van der Waals surface area contributed by atoms with Crippen LogP contribution in [0.2, 0.25) is 0 Å². The average molecular weight is 259 g/mol. The Morgan fingerprint density at radius 1 is 0.833 bits per heavy atom. The minimum Gasteiger partial charge on any atom is -0.480 e. The summed E-state index contributed by atoms with van der Waals surface area (Å²) in [6.45, 7) is -0.00482. The third-order valence-electron chi connectivity index (χ3n) is 2.75. The van der Waals surface area contributed by atoms with Gasteiger partial charge in [-0.3, -0.25) is 9.59 Å². The molecule has 0 saturated carbocycles. The molecular weight excluding hydrogens is 234 g/mol. The lowest BCUT2D eigenvalue weighted by molar-refractivity contribution is -0.137. The van der Waals surface area contributed by atoms with Crippen molar-refractivity contribution in [2.24, 2.45) is 0 Å². The molecule has 0 fully saturated rings. The molecule has 0 aromatic heterocycles. The third-order valence-corrected chi connectivity index (χ3v) is 2.75. The highest BCUT2D eigenvalue weighted by molar-refractivity contribution is 5.80. The number of aliphatic carboxylic acids is 1. The Balaban J connectivity index is 3.15. The van der Waals surface area contributed by atoms with Crippen molar-refractivity contribution in [3.05, 3.63) is 0 Å². The summed E-state index contributed by atoms with van der Waals surface area (Å²) in [4.78, 5) is 21.4. The van der Waals surface area contributed by atoms with Gasteiger partial charge in [0.05, 0.1) is 0 Å². The lowest BCUT2D eigenvalue weighted by atomic mass is 10.1. The zero-order chi connectivity index (χ0) is 13.6. The van der Waals surface area contributed by atoms with Crippen molar-refractivity contribution < 1.29 is 19.8 Å². The van der Waals surface area contributed by atoms with Gasteiger partial charge in [-0.25, -0.2) is 0 Å². The molecule has 106 valence electrons. The van der Waals surface area contributed by atoms with Crippen molar-refractivity contribution in [3.8, 4) is 0 Å². The predicted molar refractivity (Wildman–Crippen MR) is 69.3 cm³/mol. The number of amides is 1. The molecule has 0 radical (unpaired) electrons. The van der Waals surface area contributed by atoms with E-state index in [1.165, 1.54) is 19.3 Å². The fourth-order valence-electron chi connectivity index (χ4n) is 1.72. The largest absolute Gasteiger partial charge is 0.480 e. The van der Waals surface area contributed by atoms with E-state index in [1.807, 2.05) is 0 Å². The van der Waals surface area contributed by atoms with Crippen LogP contribution in [-0.2, 0) is 9.59 Å². The van der Waals surface area contributed by atoms with Crippen LogP contribution < -0.4 is 5.32 Å². The lowest BCUT2D eigenvalue weighted by Gasteiger charge is -2.03. The van der Waals surface area contributed by atoms with Crippen molar-refractivity contribution in [1.82, 2.24) is 5.32 Å². The number of nitrogens with one attached hydrogen (secondary N) is 1. The molecular formula is C13H25NO4. The number of carboxylic acids is 1. The normalized spacial score (nSPS) is 10.3. The van der Waals surface area contributed by atoms with Gasteiger partial charge in [0.15, 0.2) is 0 Å². The quantitative estimate of drug-likeness (QED) is 0.465. The molecule has 0 bridgehead atoms. The number of aliphatic hydroxyl groups excluding tert-OH is 1. The highest BCUT2D eigenvalue weighted by Gasteiger charge is 2.02. The van der Waals surface area contributed by atoms with E-state index in [0.717, 1.165) is 32.1 Å². The summed E-state index contributed by atoms with van der Waals surface area (Å²) in [5, 5.41) is 19.3. The molecule has 3 N–H and O–H groups in total. The first-order valence-electron chi connectivity index (χ1n) is 6.76. The molecule has 0 aromatic carbocycles. The molecule has 5 heteroatoms. The minimum absolute atomic E-state index is 0.180. The van der Waals surface area contributed by atoms with Gasteiger partial charge in [-0.15, -0.1) is 0 Å². The molecule has 0 unspecified atom stereocenters. The second-order valence-corrected chi connectivity index (χ2v) is 4.47. The van der Waals surface area contributed by atoms with Crippen LogP contribution in [0.5, 0.6) is 0 Å². The Kier molecular flexibility index (Phi) is 11.6. The molecule has 1 amide bonds. The number of hydrogen-bond donors (Lipinski definition) is 3. The topological polar surface area (TPSA) is 86.6 Å². The first-order chi connectivity index (χ1) is 8.66. The SMILES string of the molecule is O=C(O)CNC(=O)CCCCCCCCCCO. The molecule has 18 heavy (non-hydrogen) atoms. The van der Waals surface area contributed by atoms with Crippen molar-refractivity contribution in [2.45, 2.75) is 57.8 Å². The van der Waals surface area contributed by atoms with Gasteiger partial charge in [0, 0.05) is 13.0 Å². The molecule has 0 heterocycles. The van der Waals surface area contributed by atoms with E-state index < -0.39 is 5.97 Å². The monoisotopic (exact) mass is 259 g/mol. The van der Waals surface area contributed by atoms with Crippen LogP contribution in [0.25, 0.3) is 0 Å². The van der Waals surface area contributed by atoms with Gasteiger partial charge in [0.25, 0.3) is 0 Å². The number of aliphatic hydroxyl groups is 1. The van der Waals surface area contributed by atoms with Crippen LogP contribution >= 0.6 is 0 Å². The molecule has 0 aliphatic heterocycles. The number of carbonyl (C=O) groups excluding carboxylic acids is 1. The summed E-state index contributed by atoms with van der Waals surface area (Å²) in [5.41, 5.74) is 0. The fraction of sp³-hybridized carbons (Fsp3) is 0.846. The fourth-order valence-corrected chi connectivity index (χ4v) is 1.72. The van der Waals surface area contributed by atoms with Gasteiger partial charge in [0.2, 0.25) is 5.91 Å². The Bertz CT molecular complexity index is 231. The third kappa shape index (κ3) is 13.0. The highest BCUT2D eigenvalue weighted by atomic mass is 16.4. The van der Waals surface area contributed by atoms with E-state index in [9.17, 15) is 9.59 Å². The summed E-state index contributed by atoms with van der Waals surface area (Å²) in [6, 6.07) is 0. The maximum atomic E-state index is 11.2. The van der Waals surface area contributed by atoms with Gasteiger partial charge in [-0.1, -0.05) is 38.5 Å². The molecule has 0 aliphatic carbocycles. The summed E-state index contributed by atoms with van der Waals surface area (Å²) in [5.74, 6) is -1.19. The van der Waals surface area contributed by atoms with Crippen molar-refractivity contribution >= 4 is 11.9 Å². The van der Waals surface area contributed by atoms with E-state index in [-0.39, 0.29) is 19.1 Å². The van der Waals surface area contributed by atoms with Crippen LogP contribution in [-0.4, -0.2) is 35.2 Å². The Morgan fingerprint density at radius 3 is 1.83 bits per heavy atom. The van der Waals surface area contributed by atoms with Crippen LogP contribution in [0.4, 0.5) is 0 Å². The van der Waals surface area contributed by atoms with Crippen molar-refractivity contribution in [3.63, 3.8) is 0 Å². The van der Waals surface area contributed by atoms with Crippen LogP contribution in [0.15, 0.2) is 0 Å². The maximum Gasteiger partial charge on any atom is 0.322 e. The van der Waals surface area contributed by atoms with Gasteiger partial charge >= 0.3 is 5.97 Å². The van der Waals surface area contributed by atoms with Gasteiger partial charge in [-0.2, -0.15) is 0 Å². The molecule has 0 rings (SSSR count). The Labute approximate surface area is 109 Å². The Morgan fingerprint density at radius 2 is 1.33 bits per heavy atom. The van der Waals surface area contributed by atoms with E-state index in [1.54, 1.807) is 0 Å². The zero-order valence-electron chi connectivity index (χ0n) is 11.0. The predicted octanol–water partition coefficient (Wildman–Crippen LogP) is 1.69. The number of carbonyl (C=O) groups is 2. The smallest absolute Gasteiger partial charge is 0.322 e. The summed E-state index contributed by atoms with van der Waals surface area (Å²) >= 11 is 0. The first kappa shape index (κ1) is 16.9. The van der Waals surface area contributed by atoms with E-state index >= 15 is 0 Å². The Hall–Kier alpha value is -1.10. The molecule has 0 saturated heterocycles. The molecule has 0 atom stereocenters. The second kappa shape index (κ2) is 12.4. The van der Waals surface area contributed by atoms with Gasteiger partial charge in [0.1, 0.15) is 6.54 Å². The maximum absolute atomic E-state index is 11.2. The summed E-state index contributed by atoms with van der Waals surface area (Å²) in [7, 11) is 0. The number of carboxylic acid groups (broad SMARTS) is 1. The van der Waals surface area contributed by atoms with Gasteiger partial charge in [-0.05, 0) is 12.8 Å². The lowest BCUT2D eigenvalue weighted by Crippen LogP contribution is -2.28. The average Bonchev–Trinajstić information content (AvgIpc) is 2.34. The van der Waals surface area contributed by atoms with Crippen LogP contribution in [0, 0.1) is 0 Å². The molecule has 0 aromatic rings. The van der Waals surface area contributed by atoms with Crippen molar-refractivity contribution in [1.29, 1.82) is 0 Å². The zero-order valence-corrected chi connectivity index (χ0v) is 11.0. The minimum atomic E-state index is -1.01. The van der Waals surface area contributed by atoms with Crippen LogP contribution in [0.3, 0.4) is 0 Å². The number of unbranched alkanes of at least 4 members (excludes halogenated alkanes) is 7. The van der Waals surface area contributed by atoms with E-state index in [4.69, 9.17) is 10.2 Å². The first-order valence-corrected chi connectivity index (χ1v) is 6.76. The van der Waals surface area contributed by atoms with Gasteiger partial charge < -0.3 is 15.5 Å². The second-order valence-electron chi connectivity index (χ2n) is 4.47. The van der Waals surface area contributed by atoms with Crippen molar-refractivity contribution in [2.75, 3.05) is 13.2 Å².